The van der Waals surface area contributed by atoms with Gasteiger partial charge < -0.3 is 4.90 Å². The summed E-state index contributed by atoms with van der Waals surface area (Å²) < 4.78 is 2.69. The molecule has 10 aromatic rings. The number of thiophene rings is 1. The molecule has 0 unspecified atom stereocenters. The molecule has 2 heteroatoms. The predicted molar refractivity (Wildman–Crippen MR) is 237 cm³/mol. The summed E-state index contributed by atoms with van der Waals surface area (Å²) >= 11 is 1.89. The van der Waals surface area contributed by atoms with E-state index in [1.807, 2.05) is 11.3 Å². The molecular formula is C53H37NS. The maximum atomic E-state index is 2.48. The fourth-order valence-corrected chi connectivity index (χ4v) is 10.4. The van der Waals surface area contributed by atoms with Gasteiger partial charge in [-0.15, -0.1) is 11.3 Å². The number of benzene rings is 9. The summed E-state index contributed by atoms with van der Waals surface area (Å²) in [7, 11) is 0. The van der Waals surface area contributed by atoms with Crippen molar-refractivity contribution in [1.82, 2.24) is 0 Å². The standard InChI is InChI=1S/C53H37NS/c1-53(2)47-24-9-7-22-44(47)51-48(53)25-13-26-49(51)54(38-17-11-16-36(32-38)40-23-12-15-34-14-3-4-18-39(34)40)37-30-28-35(29-31-37)45-33-46-42-20-8-10-27-50(42)55-52(46)43-21-6-5-19-41(43)45/h3-33H,1-2H3. The van der Waals surface area contributed by atoms with Gasteiger partial charge in [0.1, 0.15) is 0 Å². The molecule has 0 amide bonds. The van der Waals surface area contributed by atoms with Crippen molar-refractivity contribution in [3.63, 3.8) is 0 Å². The lowest BCUT2D eigenvalue weighted by molar-refractivity contribution is 0.660. The van der Waals surface area contributed by atoms with Crippen LogP contribution < -0.4 is 4.90 Å². The molecule has 0 bridgehead atoms. The van der Waals surface area contributed by atoms with Crippen LogP contribution in [-0.2, 0) is 5.41 Å². The van der Waals surface area contributed by atoms with Gasteiger partial charge in [-0.05, 0) is 97.6 Å². The van der Waals surface area contributed by atoms with E-state index in [-0.39, 0.29) is 5.41 Å². The molecule has 0 radical (unpaired) electrons. The Labute approximate surface area is 325 Å². The third kappa shape index (κ3) is 4.92. The molecule has 11 rings (SSSR count). The second-order valence-electron chi connectivity index (χ2n) is 15.3. The molecular weight excluding hydrogens is 683 g/mol. The van der Waals surface area contributed by atoms with E-state index in [4.69, 9.17) is 0 Å². The van der Waals surface area contributed by atoms with Crippen molar-refractivity contribution in [3.8, 4) is 33.4 Å². The zero-order valence-electron chi connectivity index (χ0n) is 30.8. The van der Waals surface area contributed by atoms with Gasteiger partial charge in [-0.25, -0.2) is 0 Å². The largest absolute Gasteiger partial charge is 0.310 e. The Kier molecular flexibility index (Phi) is 7.14. The van der Waals surface area contributed by atoms with Gasteiger partial charge in [0.2, 0.25) is 0 Å². The van der Waals surface area contributed by atoms with Crippen LogP contribution in [0, 0.1) is 0 Å². The molecule has 1 aliphatic carbocycles. The molecule has 0 atom stereocenters. The summed E-state index contributed by atoms with van der Waals surface area (Å²) in [6.07, 6.45) is 0. The zero-order valence-corrected chi connectivity index (χ0v) is 31.6. The lowest BCUT2D eigenvalue weighted by atomic mass is 9.82. The average Bonchev–Trinajstić information content (AvgIpc) is 3.73. The Morgan fingerprint density at radius 3 is 1.95 bits per heavy atom. The van der Waals surface area contributed by atoms with E-state index >= 15 is 0 Å². The summed E-state index contributed by atoms with van der Waals surface area (Å²) in [6, 6.07) is 69.6. The van der Waals surface area contributed by atoms with Gasteiger partial charge in [-0.2, -0.15) is 0 Å². The second-order valence-corrected chi connectivity index (χ2v) is 16.3. The molecule has 0 aliphatic heterocycles. The smallest absolute Gasteiger partial charge is 0.0543 e. The topological polar surface area (TPSA) is 3.24 Å². The van der Waals surface area contributed by atoms with Crippen LogP contribution in [0.2, 0.25) is 0 Å². The first-order chi connectivity index (χ1) is 27.0. The fraction of sp³-hybridized carbons (Fsp3) is 0.0566. The highest BCUT2D eigenvalue weighted by Gasteiger charge is 2.37. The van der Waals surface area contributed by atoms with Crippen molar-refractivity contribution < 1.29 is 0 Å². The number of hydrogen-bond acceptors (Lipinski definition) is 2. The van der Waals surface area contributed by atoms with Crippen LogP contribution in [0.15, 0.2) is 188 Å². The molecule has 0 spiro atoms. The first kappa shape index (κ1) is 32.0. The molecule has 0 N–H and O–H groups in total. The number of hydrogen-bond donors (Lipinski definition) is 0. The third-order valence-corrected chi connectivity index (χ3v) is 13.1. The van der Waals surface area contributed by atoms with E-state index in [9.17, 15) is 0 Å². The molecule has 260 valence electrons. The Hall–Kier alpha value is -6.48. The van der Waals surface area contributed by atoms with Gasteiger partial charge >= 0.3 is 0 Å². The highest BCUT2D eigenvalue weighted by Crippen LogP contribution is 2.54. The van der Waals surface area contributed by atoms with Crippen LogP contribution in [0.1, 0.15) is 25.0 Å². The van der Waals surface area contributed by atoms with Gasteiger partial charge in [0.25, 0.3) is 0 Å². The maximum absolute atomic E-state index is 2.48. The summed E-state index contributed by atoms with van der Waals surface area (Å²) in [6.45, 7) is 4.72. The van der Waals surface area contributed by atoms with Crippen molar-refractivity contribution in [1.29, 1.82) is 0 Å². The Balaban J connectivity index is 1.12. The highest BCUT2D eigenvalue weighted by atomic mass is 32.1. The van der Waals surface area contributed by atoms with E-state index in [0.717, 1.165) is 11.4 Å². The molecule has 0 saturated heterocycles. The number of fused-ring (bicyclic) bond motifs is 9. The molecule has 1 heterocycles. The monoisotopic (exact) mass is 719 g/mol. The van der Waals surface area contributed by atoms with Crippen molar-refractivity contribution in [2.75, 3.05) is 4.90 Å². The van der Waals surface area contributed by atoms with E-state index < -0.39 is 0 Å². The zero-order chi connectivity index (χ0) is 36.7. The fourth-order valence-electron chi connectivity index (χ4n) is 9.21. The quantitative estimate of drug-likeness (QED) is 0.171. The normalized spacial score (nSPS) is 13.1. The van der Waals surface area contributed by atoms with Crippen molar-refractivity contribution in [2.24, 2.45) is 0 Å². The van der Waals surface area contributed by atoms with Crippen LogP contribution in [0.3, 0.4) is 0 Å². The Morgan fingerprint density at radius 1 is 0.418 bits per heavy atom. The van der Waals surface area contributed by atoms with Crippen molar-refractivity contribution in [3.05, 3.63) is 199 Å². The van der Waals surface area contributed by atoms with Gasteiger partial charge in [0, 0.05) is 47.9 Å². The predicted octanol–water partition coefficient (Wildman–Crippen LogP) is 15.5. The molecule has 1 aromatic heterocycles. The van der Waals surface area contributed by atoms with Crippen LogP contribution >= 0.6 is 11.3 Å². The van der Waals surface area contributed by atoms with Crippen LogP contribution in [0.4, 0.5) is 17.1 Å². The van der Waals surface area contributed by atoms with Gasteiger partial charge in [0.05, 0.1) is 5.69 Å². The van der Waals surface area contributed by atoms with Crippen molar-refractivity contribution >= 4 is 70.1 Å². The summed E-state index contributed by atoms with van der Waals surface area (Å²) in [4.78, 5) is 2.48. The molecule has 9 aromatic carbocycles. The Bertz CT molecular complexity index is 3120. The van der Waals surface area contributed by atoms with Gasteiger partial charge in [-0.3, -0.25) is 0 Å². The third-order valence-electron chi connectivity index (χ3n) is 11.9. The van der Waals surface area contributed by atoms with Crippen LogP contribution in [-0.4, -0.2) is 0 Å². The van der Waals surface area contributed by atoms with E-state index in [1.165, 1.54) is 91.9 Å². The minimum Gasteiger partial charge on any atom is -0.310 e. The second kappa shape index (κ2) is 12.3. The van der Waals surface area contributed by atoms with Crippen molar-refractivity contribution in [2.45, 2.75) is 19.3 Å². The van der Waals surface area contributed by atoms with Gasteiger partial charge in [0.15, 0.2) is 0 Å². The SMILES string of the molecule is CC1(C)c2ccccc2-c2c(N(c3ccc(-c4cc5c6ccccc6sc5c5ccccc45)cc3)c3cccc(-c4cccc5ccccc45)c3)cccc21. The highest BCUT2D eigenvalue weighted by molar-refractivity contribution is 7.26. The van der Waals surface area contributed by atoms with Gasteiger partial charge in [-0.1, -0.05) is 159 Å². The average molecular weight is 720 g/mol. The molecule has 55 heavy (non-hydrogen) atoms. The van der Waals surface area contributed by atoms with Crippen LogP contribution in [0.5, 0.6) is 0 Å². The summed E-state index contributed by atoms with van der Waals surface area (Å²) in [5, 5.41) is 7.76. The first-order valence-electron chi connectivity index (χ1n) is 19.1. The molecule has 1 nitrogen and oxygen atoms in total. The number of anilines is 3. The van der Waals surface area contributed by atoms with E-state index in [0.29, 0.717) is 0 Å². The number of nitrogens with zero attached hydrogens (tertiary/aromatic N) is 1. The summed E-state index contributed by atoms with van der Waals surface area (Å²) in [5.74, 6) is 0. The van der Waals surface area contributed by atoms with E-state index in [1.54, 1.807) is 0 Å². The lowest BCUT2D eigenvalue weighted by Crippen LogP contribution is -2.16. The molecule has 1 aliphatic rings. The molecule has 0 saturated carbocycles. The van der Waals surface area contributed by atoms with E-state index in [2.05, 4.69) is 207 Å². The van der Waals surface area contributed by atoms with Crippen LogP contribution in [0.25, 0.3) is 75.1 Å². The lowest BCUT2D eigenvalue weighted by Gasteiger charge is -2.29. The summed E-state index contributed by atoms with van der Waals surface area (Å²) in [5.41, 5.74) is 13.6. The minimum atomic E-state index is -0.103. The maximum Gasteiger partial charge on any atom is 0.0543 e. The number of rotatable bonds is 5. The minimum absolute atomic E-state index is 0.103. The first-order valence-corrected chi connectivity index (χ1v) is 19.9. The molecule has 0 fully saturated rings. The Morgan fingerprint density at radius 2 is 1.07 bits per heavy atom.